The molecule has 1 fully saturated rings. The van der Waals surface area contributed by atoms with Crippen molar-refractivity contribution in [3.8, 4) is 0 Å². The zero-order chi connectivity index (χ0) is 13.7. The third-order valence-corrected chi connectivity index (χ3v) is 4.17. The first-order chi connectivity index (χ1) is 9.20. The van der Waals surface area contributed by atoms with Crippen molar-refractivity contribution in [3.63, 3.8) is 0 Å². The molecule has 0 bridgehead atoms. The Morgan fingerprint density at radius 1 is 1.26 bits per heavy atom. The minimum atomic E-state index is -0.170. The van der Waals surface area contributed by atoms with E-state index >= 15 is 0 Å². The molecule has 1 aromatic rings. The molecule has 2 nitrogen and oxygen atoms in total. The molecule has 0 amide bonds. The fourth-order valence-electron chi connectivity index (χ4n) is 3.10. The van der Waals surface area contributed by atoms with E-state index in [-0.39, 0.29) is 5.82 Å². The summed E-state index contributed by atoms with van der Waals surface area (Å²) in [5.41, 5.74) is 1.09. The molecule has 19 heavy (non-hydrogen) atoms. The topological polar surface area (TPSA) is 15.3 Å². The zero-order valence-corrected chi connectivity index (χ0v) is 12.0. The summed E-state index contributed by atoms with van der Waals surface area (Å²) in [6.07, 6.45) is 5.42. The maximum absolute atomic E-state index is 12.9. The van der Waals surface area contributed by atoms with Crippen LogP contribution in [0.2, 0.25) is 0 Å². The minimum absolute atomic E-state index is 0.170. The van der Waals surface area contributed by atoms with Gasteiger partial charge >= 0.3 is 0 Å². The van der Waals surface area contributed by atoms with Crippen LogP contribution < -0.4 is 10.2 Å². The standard InChI is InChI=1S/C16H25FN2/c1-3-18-16(13-6-4-5-7-13)12-19(2)15-10-8-14(17)9-11-15/h8-11,13,16,18H,3-7,12H2,1-2H3. The van der Waals surface area contributed by atoms with E-state index in [4.69, 9.17) is 0 Å². The van der Waals surface area contributed by atoms with Gasteiger partial charge < -0.3 is 10.2 Å². The largest absolute Gasteiger partial charge is 0.373 e. The Morgan fingerprint density at radius 2 is 1.89 bits per heavy atom. The lowest BCUT2D eigenvalue weighted by Crippen LogP contribution is -2.44. The Morgan fingerprint density at radius 3 is 2.47 bits per heavy atom. The summed E-state index contributed by atoms with van der Waals surface area (Å²) in [5, 5.41) is 3.62. The molecule has 1 aliphatic rings. The Balaban J connectivity index is 1.97. The number of anilines is 1. The summed E-state index contributed by atoms with van der Waals surface area (Å²) in [6.45, 7) is 4.17. The van der Waals surface area contributed by atoms with Crippen molar-refractivity contribution in [1.29, 1.82) is 0 Å². The molecule has 0 radical (unpaired) electrons. The second-order valence-corrected chi connectivity index (χ2v) is 5.57. The van der Waals surface area contributed by atoms with Crippen molar-refractivity contribution in [2.75, 3.05) is 25.0 Å². The number of hydrogen-bond donors (Lipinski definition) is 1. The summed E-state index contributed by atoms with van der Waals surface area (Å²) in [7, 11) is 2.09. The van der Waals surface area contributed by atoms with Crippen LogP contribution in [0.1, 0.15) is 32.6 Å². The molecule has 1 aliphatic carbocycles. The van der Waals surface area contributed by atoms with E-state index < -0.39 is 0 Å². The summed E-state index contributed by atoms with van der Waals surface area (Å²) < 4.78 is 12.9. The normalized spacial score (nSPS) is 17.6. The first-order valence-corrected chi connectivity index (χ1v) is 7.40. The zero-order valence-electron chi connectivity index (χ0n) is 12.0. The molecule has 3 heteroatoms. The Labute approximate surface area is 116 Å². The maximum Gasteiger partial charge on any atom is 0.123 e. The van der Waals surface area contributed by atoms with Crippen molar-refractivity contribution in [1.82, 2.24) is 5.32 Å². The third-order valence-electron chi connectivity index (χ3n) is 4.17. The fraction of sp³-hybridized carbons (Fsp3) is 0.625. The van der Waals surface area contributed by atoms with Gasteiger partial charge in [0.1, 0.15) is 5.82 Å². The van der Waals surface area contributed by atoms with Gasteiger partial charge in [-0.15, -0.1) is 0 Å². The number of rotatable bonds is 6. The van der Waals surface area contributed by atoms with E-state index in [0.717, 1.165) is 24.7 Å². The van der Waals surface area contributed by atoms with Crippen LogP contribution in [0.15, 0.2) is 24.3 Å². The third kappa shape index (κ3) is 3.93. The van der Waals surface area contributed by atoms with Crippen LogP contribution >= 0.6 is 0 Å². The van der Waals surface area contributed by atoms with Gasteiger partial charge in [-0.1, -0.05) is 19.8 Å². The molecule has 0 heterocycles. The number of nitrogens with one attached hydrogen (secondary N) is 1. The second kappa shape index (κ2) is 6.90. The van der Waals surface area contributed by atoms with Gasteiger partial charge in [-0.05, 0) is 49.6 Å². The van der Waals surface area contributed by atoms with E-state index in [2.05, 4.69) is 24.2 Å². The van der Waals surface area contributed by atoms with Gasteiger partial charge in [0.05, 0.1) is 0 Å². The summed E-state index contributed by atoms with van der Waals surface area (Å²) in [4.78, 5) is 2.23. The van der Waals surface area contributed by atoms with E-state index in [1.54, 1.807) is 0 Å². The highest BCUT2D eigenvalue weighted by Gasteiger charge is 2.25. The van der Waals surface area contributed by atoms with Crippen LogP contribution in [0.25, 0.3) is 0 Å². The number of hydrogen-bond acceptors (Lipinski definition) is 2. The van der Waals surface area contributed by atoms with Gasteiger partial charge in [0.2, 0.25) is 0 Å². The average molecular weight is 264 g/mol. The highest BCUT2D eigenvalue weighted by atomic mass is 19.1. The molecule has 2 rings (SSSR count). The molecule has 1 aromatic carbocycles. The molecule has 0 aliphatic heterocycles. The number of likely N-dealkylation sites (N-methyl/N-ethyl adjacent to an activating group) is 2. The van der Waals surface area contributed by atoms with Crippen molar-refractivity contribution < 1.29 is 4.39 Å². The predicted molar refractivity (Wildman–Crippen MR) is 79.1 cm³/mol. The first kappa shape index (κ1) is 14.3. The molecule has 1 N–H and O–H groups in total. The molecule has 1 atom stereocenters. The molecular formula is C16H25FN2. The van der Waals surface area contributed by atoms with Crippen LogP contribution in [0.5, 0.6) is 0 Å². The quantitative estimate of drug-likeness (QED) is 0.847. The predicted octanol–water partition coefficient (Wildman–Crippen LogP) is 3.43. The molecule has 0 aromatic heterocycles. The van der Waals surface area contributed by atoms with Crippen LogP contribution in [0, 0.1) is 11.7 Å². The van der Waals surface area contributed by atoms with Gasteiger partial charge in [-0.25, -0.2) is 4.39 Å². The van der Waals surface area contributed by atoms with Crippen molar-refractivity contribution in [3.05, 3.63) is 30.1 Å². The van der Waals surface area contributed by atoms with Crippen molar-refractivity contribution in [2.45, 2.75) is 38.6 Å². The molecule has 106 valence electrons. The lowest BCUT2D eigenvalue weighted by atomic mass is 9.97. The van der Waals surface area contributed by atoms with Gasteiger partial charge in [0.15, 0.2) is 0 Å². The van der Waals surface area contributed by atoms with Gasteiger partial charge in [0, 0.05) is 25.3 Å². The lowest BCUT2D eigenvalue weighted by molar-refractivity contribution is 0.367. The van der Waals surface area contributed by atoms with Gasteiger partial charge in [0.25, 0.3) is 0 Å². The Kier molecular flexibility index (Phi) is 5.20. The Bertz CT molecular complexity index is 371. The first-order valence-electron chi connectivity index (χ1n) is 7.40. The van der Waals surface area contributed by atoms with E-state index in [1.165, 1.54) is 37.8 Å². The maximum atomic E-state index is 12.9. The van der Waals surface area contributed by atoms with Crippen LogP contribution in [-0.2, 0) is 0 Å². The van der Waals surface area contributed by atoms with Crippen molar-refractivity contribution in [2.24, 2.45) is 5.92 Å². The van der Waals surface area contributed by atoms with E-state index in [0.29, 0.717) is 6.04 Å². The highest BCUT2D eigenvalue weighted by Crippen LogP contribution is 2.28. The molecule has 1 unspecified atom stereocenters. The molecule has 0 spiro atoms. The molecule has 0 saturated heterocycles. The van der Waals surface area contributed by atoms with Gasteiger partial charge in [-0.3, -0.25) is 0 Å². The van der Waals surface area contributed by atoms with Crippen LogP contribution in [0.4, 0.5) is 10.1 Å². The van der Waals surface area contributed by atoms with Gasteiger partial charge in [-0.2, -0.15) is 0 Å². The minimum Gasteiger partial charge on any atom is -0.373 e. The fourth-order valence-corrected chi connectivity index (χ4v) is 3.10. The summed E-state index contributed by atoms with van der Waals surface area (Å²) >= 11 is 0. The van der Waals surface area contributed by atoms with Crippen LogP contribution in [0.3, 0.4) is 0 Å². The SMILES string of the molecule is CCNC(CN(C)c1ccc(F)cc1)C1CCCC1. The average Bonchev–Trinajstić information content (AvgIpc) is 2.92. The summed E-state index contributed by atoms with van der Waals surface area (Å²) in [5.74, 6) is 0.624. The van der Waals surface area contributed by atoms with E-state index in [9.17, 15) is 4.39 Å². The summed E-state index contributed by atoms with van der Waals surface area (Å²) in [6, 6.07) is 7.32. The number of benzene rings is 1. The Hall–Kier alpha value is -1.09. The highest BCUT2D eigenvalue weighted by molar-refractivity contribution is 5.45. The van der Waals surface area contributed by atoms with E-state index in [1.807, 2.05) is 12.1 Å². The van der Waals surface area contributed by atoms with Crippen LogP contribution in [-0.4, -0.2) is 26.2 Å². The smallest absolute Gasteiger partial charge is 0.123 e. The lowest BCUT2D eigenvalue weighted by Gasteiger charge is -2.30. The number of halogens is 1. The second-order valence-electron chi connectivity index (χ2n) is 5.57. The monoisotopic (exact) mass is 264 g/mol. The molecule has 1 saturated carbocycles. The molecular weight excluding hydrogens is 239 g/mol. The number of nitrogens with zero attached hydrogens (tertiary/aromatic N) is 1. The van der Waals surface area contributed by atoms with Crippen molar-refractivity contribution >= 4 is 5.69 Å².